The molecule has 2 saturated heterocycles. The van der Waals surface area contributed by atoms with Crippen molar-refractivity contribution < 1.29 is 9.47 Å². The predicted molar refractivity (Wildman–Crippen MR) is 88.5 cm³/mol. The van der Waals surface area contributed by atoms with E-state index in [1.54, 1.807) is 0 Å². The summed E-state index contributed by atoms with van der Waals surface area (Å²) in [5.41, 5.74) is 1.18. The van der Waals surface area contributed by atoms with Crippen molar-refractivity contribution in [1.82, 2.24) is 0 Å². The first-order valence-electron chi connectivity index (χ1n) is 10.4. The quantitative estimate of drug-likeness (QED) is 0.627. The van der Waals surface area contributed by atoms with Crippen LogP contribution >= 0.6 is 0 Å². The highest BCUT2D eigenvalue weighted by atomic mass is 17.0. The van der Waals surface area contributed by atoms with Crippen LogP contribution in [-0.4, -0.2) is 12.1 Å². The molecule has 4 saturated carbocycles. The smallest absolute Gasteiger partial charge is 0.229 e. The number of epoxide rings is 2. The van der Waals surface area contributed by atoms with Crippen LogP contribution in [0.25, 0.3) is 0 Å². The van der Waals surface area contributed by atoms with Gasteiger partial charge in [0.25, 0.3) is 0 Å². The van der Waals surface area contributed by atoms with Crippen molar-refractivity contribution >= 4 is 0 Å². The van der Waals surface area contributed by atoms with E-state index >= 15 is 0 Å². The van der Waals surface area contributed by atoms with Crippen molar-refractivity contribution in [1.29, 1.82) is 0 Å². The van der Waals surface area contributed by atoms with Crippen molar-refractivity contribution in [2.45, 2.75) is 90.1 Å². The lowest BCUT2D eigenvalue weighted by Gasteiger charge is -2.60. The highest BCUT2D eigenvalue weighted by Crippen LogP contribution is 2.74. The summed E-state index contributed by atoms with van der Waals surface area (Å²) in [5.74, 6) is 4.64. The van der Waals surface area contributed by atoms with Crippen LogP contribution in [0.1, 0.15) is 78.1 Å². The van der Waals surface area contributed by atoms with Gasteiger partial charge < -0.3 is 9.47 Å². The van der Waals surface area contributed by atoms with Gasteiger partial charge in [0.05, 0.1) is 0 Å². The van der Waals surface area contributed by atoms with Gasteiger partial charge in [0.1, 0.15) is 0 Å². The van der Waals surface area contributed by atoms with E-state index in [0.29, 0.717) is 16.7 Å². The molecule has 2 aliphatic heterocycles. The molecule has 2 heteroatoms. The molecule has 6 rings (SSSR count). The molecule has 4 aliphatic carbocycles. The van der Waals surface area contributed by atoms with Crippen LogP contribution in [0.2, 0.25) is 0 Å². The highest BCUT2D eigenvalue weighted by Gasteiger charge is 2.84. The van der Waals surface area contributed by atoms with Gasteiger partial charge in [0.15, 0.2) is 0 Å². The molecule has 0 aromatic rings. The zero-order chi connectivity index (χ0) is 15.4. The Hall–Kier alpha value is -0.0800. The zero-order valence-electron chi connectivity index (χ0n) is 14.9. The molecule has 6 aliphatic rings. The van der Waals surface area contributed by atoms with Gasteiger partial charge in [0.2, 0.25) is 12.1 Å². The second-order valence-electron chi connectivity index (χ2n) is 10.4. The van der Waals surface area contributed by atoms with Gasteiger partial charge >= 0.3 is 0 Å². The Bertz CT molecular complexity index is 538. The monoisotopic (exact) mass is 316 g/mol. The Kier molecular flexibility index (Phi) is 2.57. The van der Waals surface area contributed by atoms with Gasteiger partial charge in [-0.2, -0.15) is 0 Å². The standard InChI is InChI=1S/C21H32O2/c1-19-11-4-3-5-13(19)6-7-14-15-8-9-17(21-18(22-21)23-21)20(15,2)12-10-16(14)19/h13-18H,3-12H2,1-2H3/t13?,14-,15-,16-,17-,18?,19-,20-,21?/m0/s1. The van der Waals surface area contributed by atoms with E-state index in [9.17, 15) is 0 Å². The van der Waals surface area contributed by atoms with Crippen LogP contribution in [0.15, 0.2) is 0 Å². The molecule has 0 bridgehead atoms. The lowest BCUT2D eigenvalue weighted by Crippen LogP contribution is -2.53. The largest absolute Gasteiger partial charge is 0.310 e. The number of ether oxygens (including phenoxy) is 2. The second kappa shape index (κ2) is 4.18. The summed E-state index contributed by atoms with van der Waals surface area (Å²) in [6.07, 6.45) is 15.0. The van der Waals surface area contributed by atoms with Crippen molar-refractivity contribution in [3.05, 3.63) is 0 Å². The van der Waals surface area contributed by atoms with Crippen molar-refractivity contribution in [3.8, 4) is 0 Å². The number of rotatable bonds is 1. The maximum absolute atomic E-state index is 5.81. The normalized spacial score (nSPS) is 66.0. The molecule has 2 nitrogen and oxygen atoms in total. The van der Waals surface area contributed by atoms with E-state index in [1.807, 2.05) is 0 Å². The Morgan fingerprint density at radius 2 is 1.52 bits per heavy atom. The van der Waals surface area contributed by atoms with Crippen molar-refractivity contribution in [2.24, 2.45) is 40.4 Å². The lowest BCUT2D eigenvalue weighted by molar-refractivity contribution is -0.141. The number of hydrogen-bond acceptors (Lipinski definition) is 2. The summed E-state index contributed by atoms with van der Waals surface area (Å²) in [5, 5.41) is 0. The minimum atomic E-state index is -0.0811. The van der Waals surface area contributed by atoms with Gasteiger partial charge in [-0.05, 0) is 85.9 Å². The molecule has 0 aromatic heterocycles. The fourth-order valence-electron chi connectivity index (χ4n) is 8.56. The average Bonchev–Trinajstić information content (AvgIpc) is 3.36. The first-order valence-corrected chi connectivity index (χ1v) is 10.4. The Labute approximate surface area is 140 Å². The molecule has 0 aromatic carbocycles. The maximum atomic E-state index is 5.81. The van der Waals surface area contributed by atoms with Gasteiger partial charge in [-0.15, -0.1) is 0 Å². The minimum absolute atomic E-state index is 0.0811. The average molecular weight is 316 g/mol. The molecule has 6 fully saturated rings. The molecule has 7 atom stereocenters. The van der Waals surface area contributed by atoms with E-state index in [4.69, 9.17) is 9.47 Å². The first-order chi connectivity index (χ1) is 11.1. The third-order valence-corrected chi connectivity index (χ3v) is 9.87. The zero-order valence-corrected chi connectivity index (χ0v) is 14.9. The predicted octanol–water partition coefficient (Wildman–Crippen LogP) is 5.12. The van der Waals surface area contributed by atoms with E-state index in [1.165, 1.54) is 64.2 Å². The van der Waals surface area contributed by atoms with Gasteiger partial charge in [-0.1, -0.05) is 26.7 Å². The number of hydrogen-bond donors (Lipinski definition) is 0. The lowest BCUT2D eigenvalue weighted by atomic mass is 9.45. The SMILES string of the molecule is C[C@]12CC[C@H]3[C@@H](CCC4CCCC[C@@]43C)[C@@H]1CC[C@@H]2C12OC1O2. The molecule has 1 unspecified atom stereocenters. The summed E-state index contributed by atoms with van der Waals surface area (Å²) in [6, 6.07) is 0. The molecule has 2 heterocycles. The third-order valence-electron chi connectivity index (χ3n) is 9.87. The fourth-order valence-corrected chi connectivity index (χ4v) is 8.56. The number of fused-ring (bicyclic) bond motifs is 6. The molecule has 0 N–H and O–H groups in total. The summed E-state index contributed by atoms with van der Waals surface area (Å²) in [6.45, 7) is 5.29. The molecule has 0 spiro atoms. The van der Waals surface area contributed by atoms with Crippen molar-refractivity contribution in [2.75, 3.05) is 0 Å². The Morgan fingerprint density at radius 3 is 2.30 bits per heavy atom. The Balaban J connectivity index is 1.32. The second-order valence-corrected chi connectivity index (χ2v) is 10.4. The van der Waals surface area contributed by atoms with Crippen LogP contribution < -0.4 is 0 Å². The van der Waals surface area contributed by atoms with Crippen molar-refractivity contribution in [3.63, 3.8) is 0 Å². The minimum Gasteiger partial charge on any atom is -0.310 e. The Morgan fingerprint density at radius 1 is 0.739 bits per heavy atom. The third kappa shape index (κ3) is 1.59. The molecular weight excluding hydrogens is 284 g/mol. The molecule has 23 heavy (non-hydrogen) atoms. The fraction of sp³-hybridized carbons (Fsp3) is 1.00. The van der Waals surface area contributed by atoms with E-state index in [-0.39, 0.29) is 12.1 Å². The summed E-state index contributed by atoms with van der Waals surface area (Å²) in [4.78, 5) is 0. The summed E-state index contributed by atoms with van der Waals surface area (Å²) in [7, 11) is 0. The molecule has 0 radical (unpaired) electrons. The summed E-state index contributed by atoms with van der Waals surface area (Å²) < 4.78 is 11.6. The topological polar surface area (TPSA) is 25.1 Å². The first kappa shape index (κ1) is 14.1. The van der Waals surface area contributed by atoms with Crippen LogP contribution in [0.3, 0.4) is 0 Å². The van der Waals surface area contributed by atoms with Crippen LogP contribution in [0, 0.1) is 40.4 Å². The van der Waals surface area contributed by atoms with Gasteiger partial charge in [0, 0.05) is 5.92 Å². The van der Waals surface area contributed by atoms with Gasteiger partial charge in [-0.25, -0.2) is 0 Å². The van der Waals surface area contributed by atoms with E-state index < -0.39 is 0 Å². The van der Waals surface area contributed by atoms with Gasteiger partial charge in [-0.3, -0.25) is 0 Å². The van der Waals surface area contributed by atoms with Crippen LogP contribution in [-0.2, 0) is 9.47 Å². The molecular formula is C21H32O2. The van der Waals surface area contributed by atoms with E-state index in [0.717, 1.165) is 23.7 Å². The van der Waals surface area contributed by atoms with E-state index in [2.05, 4.69) is 13.8 Å². The van der Waals surface area contributed by atoms with Crippen LogP contribution in [0.4, 0.5) is 0 Å². The highest BCUT2D eigenvalue weighted by molar-refractivity contribution is 5.18. The molecule has 128 valence electrons. The molecule has 0 amide bonds. The summed E-state index contributed by atoms with van der Waals surface area (Å²) >= 11 is 0. The van der Waals surface area contributed by atoms with Crippen LogP contribution in [0.5, 0.6) is 0 Å². The maximum Gasteiger partial charge on any atom is 0.229 e.